The number of rotatable bonds is 4. The number of piperazine rings is 1. The molecule has 1 aliphatic carbocycles. The van der Waals surface area contributed by atoms with Crippen molar-refractivity contribution in [3.63, 3.8) is 0 Å². The van der Waals surface area contributed by atoms with E-state index in [2.05, 4.69) is 5.16 Å². The lowest BCUT2D eigenvalue weighted by molar-refractivity contribution is -0.137. The van der Waals surface area contributed by atoms with Crippen LogP contribution >= 0.6 is 0 Å². The Bertz CT molecular complexity index is 1180. The molecule has 0 spiro atoms. The van der Waals surface area contributed by atoms with Gasteiger partial charge in [0.05, 0.1) is 22.2 Å². The fourth-order valence-corrected chi connectivity index (χ4v) is 4.34. The van der Waals surface area contributed by atoms with E-state index in [0.29, 0.717) is 50.4 Å². The quantitative estimate of drug-likeness (QED) is 0.522. The fourth-order valence-electron chi connectivity index (χ4n) is 4.34. The number of amides is 1. The lowest BCUT2D eigenvalue weighted by atomic mass is 9.99. The van der Waals surface area contributed by atoms with E-state index in [9.17, 15) is 22.4 Å². The molecule has 3 aromatic rings. The van der Waals surface area contributed by atoms with Crippen LogP contribution in [0.15, 0.2) is 59.1 Å². The Morgan fingerprint density at radius 3 is 2.36 bits per heavy atom. The Morgan fingerprint density at radius 2 is 1.70 bits per heavy atom. The number of aromatic nitrogens is 1. The van der Waals surface area contributed by atoms with Gasteiger partial charge in [0.15, 0.2) is 5.76 Å². The van der Waals surface area contributed by atoms with Crippen LogP contribution in [0.5, 0.6) is 0 Å². The molecular weight excluding hydrogens is 438 g/mol. The summed E-state index contributed by atoms with van der Waals surface area (Å²) in [6, 6.07) is 13.1. The second kappa shape index (κ2) is 7.90. The van der Waals surface area contributed by atoms with E-state index in [4.69, 9.17) is 4.52 Å². The van der Waals surface area contributed by atoms with Crippen molar-refractivity contribution in [3.8, 4) is 11.3 Å². The summed E-state index contributed by atoms with van der Waals surface area (Å²) in [5, 5.41) is 4.07. The van der Waals surface area contributed by atoms with Crippen molar-refractivity contribution in [2.45, 2.75) is 24.4 Å². The summed E-state index contributed by atoms with van der Waals surface area (Å²) in [5.74, 6) is -0.224. The molecule has 0 radical (unpaired) electrons. The number of anilines is 1. The number of hydrogen-bond acceptors (Lipinski definition) is 4. The van der Waals surface area contributed by atoms with Gasteiger partial charge in [-0.05, 0) is 43.2 Å². The molecule has 1 aliphatic heterocycles. The normalized spacial score (nSPS) is 17.8. The molecule has 2 heterocycles. The van der Waals surface area contributed by atoms with Gasteiger partial charge < -0.3 is 14.3 Å². The van der Waals surface area contributed by atoms with E-state index in [1.807, 2.05) is 4.90 Å². The lowest BCUT2D eigenvalue weighted by Gasteiger charge is -2.37. The Morgan fingerprint density at radius 1 is 0.970 bits per heavy atom. The third-order valence-electron chi connectivity index (χ3n) is 6.40. The van der Waals surface area contributed by atoms with Crippen molar-refractivity contribution in [3.05, 3.63) is 71.7 Å². The number of carbonyl (C=O) groups is 1. The zero-order valence-electron chi connectivity index (χ0n) is 17.6. The Balaban J connectivity index is 1.28. The first-order valence-corrected chi connectivity index (χ1v) is 10.7. The molecule has 0 N–H and O–H groups in total. The zero-order valence-corrected chi connectivity index (χ0v) is 17.6. The van der Waals surface area contributed by atoms with Crippen LogP contribution in [-0.4, -0.2) is 42.1 Å². The second-order valence-electron chi connectivity index (χ2n) is 8.47. The van der Waals surface area contributed by atoms with Gasteiger partial charge in [-0.1, -0.05) is 23.4 Å². The molecule has 1 saturated carbocycles. The summed E-state index contributed by atoms with van der Waals surface area (Å²) < 4.78 is 58.5. The SMILES string of the molecule is O=C(N1CCN(c2cccc(C(F)(F)F)c2)CC1)C1(c2cc(-c3ccccc3F)on2)CC1. The molecule has 1 aromatic heterocycles. The molecule has 1 saturated heterocycles. The highest BCUT2D eigenvalue weighted by Crippen LogP contribution is 2.50. The molecule has 0 unspecified atom stereocenters. The number of hydrogen-bond donors (Lipinski definition) is 0. The number of benzene rings is 2. The molecule has 33 heavy (non-hydrogen) atoms. The Labute approximate surface area is 187 Å². The summed E-state index contributed by atoms with van der Waals surface area (Å²) in [6.07, 6.45) is -3.14. The molecule has 2 aliphatic rings. The molecule has 9 heteroatoms. The molecule has 2 fully saturated rings. The minimum Gasteiger partial charge on any atom is -0.368 e. The molecule has 5 nitrogen and oxygen atoms in total. The van der Waals surface area contributed by atoms with Crippen molar-refractivity contribution >= 4 is 11.6 Å². The van der Waals surface area contributed by atoms with Crippen molar-refractivity contribution in [1.82, 2.24) is 10.1 Å². The van der Waals surface area contributed by atoms with Crippen LogP contribution in [0.3, 0.4) is 0 Å². The van der Waals surface area contributed by atoms with Gasteiger partial charge in [-0.15, -0.1) is 0 Å². The first-order valence-electron chi connectivity index (χ1n) is 10.7. The molecule has 172 valence electrons. The van der Waals surface area contributed by atoms with E-state index in [-0.39, 0.29) is 17.2 Å². The van der Waals surface area contributed by atoms with Gasteiger partial charge in [-0.25, -0.2) is 4.39 Å². The predicted molar refractivity (Wildman–Crippen MR) is 113 cm³/mol. The Kier molecular flexibility index (Phi) is 5.14. The van der Waals surface area contributed by atoms with Crippen LogP contribution in [-0.2, 0) is 16.4 Å². The van der Waals surface area contributed by atoms with Crippen LogP contribution in [0.1, 0.15) is 24.1 Å². The maximum absolute atomic E-state index is 14.1. The highest BCUT2D eigenvalue weighted by atomic mass is 19.4. The topological polar surface area (TPSA) is 49.6 Å². The number of halogens is 4. The fraction of sp³-hybridized carbons (Fsp3) is 0.333. The standard InChI is InChI=1S/C24H21F4N3O2/c25-19-7-2-1-6-18(19)20-15-21(29-33-20)23(8-9-23)22(32)31-12-10-30(11-13-31)17-5-3-4-16(14-17)24(26,27)28/h1-7,14-15H,8-13H2. The van der Waals surface area contributed by atoms with Crippen LogP contribution in [0.4, 0.5) is 23.2 Å². The lowest BCUT2D eigenvalue weighted by Crippen LogP contribution is -2.51. The van der Waals surface area contributed by atoms with Crippen molar-refractivity contribution in [1.29, 1.82) is 0 Å². The average Bonchev–Trinajstić information content (AvgIpc) is 3.48. The third-order valence-corrected chi connectivity index (χ3v) is 6.40. The van der Waals surface area contributed by atoms with Gasteiger partial charge in [-0.2, -0.15) is 13.2 Å². The van der Waals surface area contributed by atoms with Crippen molar-refractivity contribution < 1.29 is 26.9 Å². The number of nitrogens with zero attached hydrogens (tertiary/aromatic N) is 3. The van der Waals surface area contributed by atoms with Crippen LogP contribution in [0.2, 0.25) is 0 Å². The summed E-state index contributed by atoms with van der Waals surface area (Å²) in [6.45, 7) is 1.66. The van der Waals surface area contributed by atoms with E-state index in [1.54, 1.807) is 35.2 Å². The maximum atomic E-state index is 14.1. The second-order valence-corrected chi connectivity index (χ2v) is 8.47. The Hall–Kier alpha value is -3.36. The van der Waals surface area contributed by atoms with Gasteiger partial charge in [0.1, 0.15) is 5.82 Å². The average molecular weight is 459 g/mol. The van der Waals surface area contributed by atoms with E-state index >= 15 is 0 Å². The number of alkyl halides is 3. The summed E-state index contributed by atoms with van der Waals surface area (Å²) in [7, 11) is 0. The summed E-state index contributed by atoms with van der Waals surface area (Å²) in [5.41, 5.74) is -0.192. The predicted octanol–water partition coefficient (Wildman–Crippen LogP) is 4.88. The first kappa shape index (κ1) is 21.5. The molecule has 2 aromatic carbocycles. The summed E-state index contributed by atoms with van der Waals surface area (Å²) >= 11 is 0. The monoisotopic (exact) mass is 459 g/mol. The van der Waals surface area contributed by atoms with Gasteiger partial charge >= 0.3 is 6.18 Å². The highest BCUT2D eigenvalue weighted by molar-refractivity contribution is 5.91. The number of carbonyl (C=O) groups excluding carboxylic acids is 1. The van der Waals surface area contributed by atoms with Crippen molar-refractivity contribution in [2.75, 3.05) is 31.1 Å². The minimum absolute atomic E-state index is 0.0698. The summed E-state index contributed by atoms with van der Waals surface area (Å²) in [4.78, 5) is 16.9. The highest BCUT2D eigenvalue weighted by Gasteiger charge is 2.55. The van der Waals surface area contributed by atoms with E-state index in [1.165, 1.54) is 12.1 Å². The van der Waals surface area contributed by atoms with Gasteiger partial charge in [0.25, 0.3) is 0 Å². The van der Waals surface area contributed by atoms with Crippen LogP contribution in [0.25, 0.3) is 11.3 Å². The minimum atomic E-state index is -4.40. The van der Waals surface area contributed by atoms with E-state index < -0.39 is 23.0 Å². The van der Waals surface area contributed by atoms with Gasteiger partial charge in [-0.3, -0.25) is 4.79 Å². The van der Waals surface area contributed by atoms with Crippen molar-refractivity contribution in [2.24, 2.45) is 0 Å². The first-order chi connectivity index (χ1) is 15.8. The van der Waals surface area contributed by atoms with Crippen LogP contribution < -0.4 is 4.90 Å². The maximum Gasteiger partial charge on any atom is 0.416 e. The molecule has 0 bridgehead atoms. The molecule has 0 atom stereocenters. The molecule has 5 rings (SSSR count). The smallest absolute Gasteiger partial charge is 0.368 e. The molecule has 1 amide bonds. The van der Waals surface area contributed by atoms with E-state index in [0.717, 1.165) is 12.1 Å². The van der Waals surface area contributed by atoms with Gasteiger partial charge in [0.2, 0.25) is 5.91 Å². The zero-order chi connectivity index (χ0) is 23.2. The third kappa shape index (κ3) is 3.96. The van der Waals surface area contributed by atoms with Crippen LogP contribution in [0, 0.1) is 5.82 Å². The van der Waals surface area contributed by atoms with Gasteiger partial charge in [0, 0.05) is 37.9 Å². The largest absolute Gasteiger partial charge is 0.416 e. The molecular formula is C24H21F4N3O2.